The van der Waals surface area contributed by atoms with Crippen LogP contribution in [0.3, 0.4) is 0 Å². The summed E-state index contributed by atoms with van der Waals surface area (Å²) < 4.78 is 45.1. The van der Waals surface area contributed by atoms with E-state index in [-0.39, 0.29) is 22.9 Å². The zero-order chi connectivity index (χ0) is 20.0. The molecular formula is C16H24ClFN2O5S. The van der Waals surface area contributed by atoms with Gasteiger partial charge in [0.15, 0.2) is 0 Å². The van der Waals surface area contributed by atoms with Crippen molar-refractivity contribution in [2.45, 2.75) is 50.2 Å². The van der Waals surface area contributed by atoms with Crippen LogP contribution in [-0.4, -0.2) is 44.4 Å². The summed E-state index contributed by atoms with van der Waals surface area (Å²) in [5, 5.41) is 11.7. The molecule has 1 atom stereocenters. The molecule has 0 aliphatic rings. The van der Waals surface area contributed by atoms with Crippen LogP contribution in [0.15, 0.2) is 23.1 Å². The van der Waals surface area contributed by atoms with E-state index in [2.05, 4.69) is 10.0 Å². The van der Waals surface area contributed by atoms with Crippen LogP contribution in [-0.2, 0) is 14.8 Å². The van der Waals surface area contributed by atoms with Gasteiger partial charge in [0.05, 0.1) is 11.6 Å². The number of ether oxygens (including phenoxy) is 1. The highest BCUT2D eigenvalue weighted by atomic mass is 35.5. The quantitative estimate of drug-likeness (QED) is 0.571. The summed E-state index contributed by atoms with van der Waals surface area (Å²) in [4.78, 5) is 11.2. The number of nitrogens with one attached hydrogen (secondary N) is 2. The van der Waals surface area contributed by atoms with Crippen molar-refractivity contribution in [1.82, 2.24) is 10.0 Å². The van der Waals surface area contributed by atoms with Gasteiger partial charge < -0.3 is 15.2 Å². The van der Waals surface area contributed by atoms with Gasteiger partial charge in [0, 0.05) is 12.6 Å². The van der Waals surface area contributed by atoms with Gasteiger partial charge in [0.25, 0.3) is 0 Å². The average Bonchev–Trinajstić information content (AvgIpc) is 2.48. The van der Waals surface area contributed by atoms with Crippen molar-refractivity contribution in [3.63, 3.8) is 0 Å². The summed E-state index contributed by atoms with van der Waals surface area (Å²) in [6.07, 6.45) is 0.103. The first-order valence-corrected chi connectivity index (χ1v) is 9.86. The number of hydrogen-bond donors (Lipinski definition) is 3. The fourth-order valence-corrected chi connectivity index (χ4v) is 3.81. The van der Waals surface area contributed by atoms with Gasteiger partial charge in [-0.05, 0) is 51.8 Å². The standard InChI is InChI=1S/C16H24ClFN2O5S/c1-16(2,3)25-15(22)19-8-4-5-12(10-21)20-26(23,24)14-7-6-11(18)9-13(14)17/h6-7,9,12,20-21H,4-5,8,10H2,1-3H3,(H,19,22)/t12-/m1/s1. The van der Waals surface area contributed by atoms with E-state index < -0.39 is 40.2 Å². The lowest BCUT2D eigenvalue weighted by molar-refractivity contribution is 0.0526. The molecule has 0 aliphatic heterocycles. The van der Waals surface area contributed by atoms with E-state index in [0.29, 0.717) is 6.42 Å². The molecule has 0 fully saturated rings. The Kier molecular flexibility index (Phi) is 8.26. The van der Waals surface area contributed by atoms with Gasteiger partial charge in [0.1, 0.15) is 16.3 Å². The van der Waals surface area contributed by atoms with E-state index in [9.17, 15) is 22.7 Å². The zero-order valence-electron chi connectivity index (χ0n) is 14.9. The second-order valence-corrected chi connectivity index (χ2v) is 8.74. The second-order valence-electron chi connectivity index (χ2n) is 6.65. The number of halogens is 2. The number of hydrogen-bond acceptors (Lipinski definition) is 5. The molecule has 0 aromatic heterocycles. The van der Waals surface area contributed by atoms with E-state index in [1.807, 2.05) is 0 Å². The maximum absolute atomic E-state index is 13.1. The number of benzene rings is 1. The normalized spacial score (nSPS) is 13.3. The summed E-state index contributed by atoms with van der Waals surface area (Å²) in [7, 11) is -4.02. The average molecular weight is 411 g/mol. The second kappa shape index (κ2) is 9.50. The summed E-state index contributed by atoms with van der Waals surface area (Å²) in [5.41, 5.74) is -0.609. The third-order valence-corrected chi connectivity index (χ3v) is 5.13. The van der Waals surface area contributed by atoms with Gasteiger partial charge in [0.2, 0.25) is 10.0 Å². The molecule has 0 unspecified atom stereocenters. The number of carbonyl (C=O) groups excluding carboxylic acids is 1. The highest BCUT2D eigenvalue weighted by molar-refractivity contribution is 7.89. The molecule has 1 amide bonds. The van der Waals surface area contributed by atoms with E-state index >= 15 is 0 Å². The molecule has 26 heavy (non-hydrogen) atoms. The Labute approximate surface area is 157 Å². The fraction of sp³-hybridized carbons (Fsp3) is 0.562. The summed E-state index contributed by atoms with van der Waals surface area (Å²) in [6, 6.07) is 2.16. The molecule has 1 aromatic rings. The van der Waals surface area contributed by atoms with Crippen LogP contribution in [0.2, 0.25) is 5.02 Å². The van der Waals surface area contributed by atoms with E-state index in [1.165, 1.54) is 0 Å². The van der Waals surface area contributed by atoms with Crippen LogP contribution in [0.4, 0.5) is 9.18 Å². The first kappa shape index (κ1) is 22.6. The van der Waals surface area contributed by atoms with Gasteiger partial charge in [-0.1, -0.05) is 11.6 Å². The van der Waals surface area contributed by atoms with Crippen LogP contribution in [0.25, 0.3) is 0 Å². The number of carbonyl (C=O) groups is 1. The molecule has 0 saturated heterocycles. The molecule has 148 valence electrons. The van der Waals surface area contributed by atoms with Crippen molar-refractivity contribution >= 4 is 27.7 Å². The smallest absolute Gasteiger partial charge is 0.407 e. The molecule has 7 nitrogen and oxygen atoms in total. The Morgan fingerprint density at radius 2 is 2.04 bits per heavy atom. The maximum Gasteiger partial charge on any atom is 0.407 e. The molecule has 0 bridgehead atoms. The van der Waals surface area contributed by atoms with Gasteiger partial charge in [-0.15, -0.1) is 0 Å². The van der Waals surface area contributed by atoms with Crippen molar-refractivity contribution in [1.29, 1.82) is 0 Å². The van der Waals surface area contributed by atoms with Gasteiger partial charge in [-0.2, -0.15) is 0 Å². The summed E-state index contributed by atoms with van der Waals surface area (Å²) in [5.74, 6) is -0.652. The third-order valence-electron chi connectivity index (χ3n) is 3.12. The van der Waals surface area contributed by atoms with Crippen molar-refractivity contribution in [2.24, 2.45) is 0 Å². The number of rotatable bonds is 8. The number of alkyl carbamates (subject to hydrolysis) is 1. The molecule has 0 aliphatic carbocycles. The minimum atomic E-state index is -4.02. The predicted molar refractivity (Wildman–Crippen MR) is 96.1 cm³/mol. The first-order valence-electron chi connectivity index (χ1n) is 7.99. The summed E-state index contributed by atoms with van der Waals surface area (Å²) >= 11 is 5.77. The van der Waals surface area contributed by atoms with E-state index in [4.69, 9.17) is 16.3 Å². The molecule has 1 aromatic carbocycles. The molecule has 10 heteroatoms. The Bertz CT molecular complexity index is 722. The maximum atomic E-state index is 13.1. The van der Waals surface area contributed by atoms with Gasteiger partial charge in [-0.25, -0.2) is 22.3 Å². The van der Waals surface area contributed by atoms with Crippen molar-refractivity contribution in [3.05, 3.63) is 29.0 Å². The van der Waals surface area contributed by atoms with E-state index in [1.54, 1.807) is 20.8 Å². The van der Waals surface area contributed by atoms with Crippen molar-refractivity contribution < 1.29 is 27.4 Å². The van der Waals surface area contributed by atoms with Crippen LogP contribution in [0.5, 0.6) is 0 Å². The molecule has 0 spiro atoms. The minimum absolute atomic E-state index is 0.249. The Hall–Kier alpha value is -1.42. The lowest BCUT2D eigenvalue weighted by Gasteiger charge is -2.20. The monoisotopic (exact) mass is 410 g/mol. The van der Waals surface area contributed by atoms with Gasteiger partial charge in [-0.3, -0.25) is 0 Å². The summed E-state index contributed by atoms with van der Waals surface area (Å²) in [6.45, 7) is 5.03. The van der Waals surface area contributed by atoms with Crippen LogP contribution in [0.1, 0.15) is 33.6 Å². The number of aliphatic hydroxyl groups excluding tert-OH is 1. The Balaban J connectivity index is 2.55. The number of aliphatic hydroxyl groups is 1. The zero-order valence-corrected chi connectivity index (χ0v) is 16.5. The van der Waals surface area contributed by atoms with Crippen molar-refractivity contribution in [2.75, 3.05) is 13.2 Å². The molecule has 1 rings (SSSR count). The highest BCUT2D eigenvalue weighted by Gasteiger charge is 2.22. The van der Waals surface area contributed by atoms with Crippen molar-refractivity contribution in [3.8, 4) is 0 Å². The Morgan fingerprint density at radius 3 is 2.58 bits per heavy atom. The predicted octanol–water partition coefficient (Wildman–Crippen LogP) is 2.42. The van der Waals surface area contributed by atoms with Crippen LogP contribution < -0.4 is 10.0 Å². The third kappa shape index (κ3) is 7.86. The fourth-order valence-electron chi connectivity index (χ4n) is 2.02. The first-order chi connectivity index (χ1) is 11.9. The highest BCUT2D eigenvalue weighted by Crippen LogP contribution is 2.22. The Morgan fingerprint density at radius 1 is 1.38 bits per heavy atom. The topological polar surface area (TPSA) is 105 Å². The molecule has 0 radical (unpaired) electrons. The van der Waals surface area contributed by atoms with Gasteiger partial charge >= 0.3 is 6.09 Å². The number of sulfonamides is 1. The SMILES string of the molecule is CC(C)(C)OC(=O)NCCC[C@H](CO)NS(=O)(=O)c1ccc(F)cc1Cl. The number of amides is 1. The molecular weight excluding hydrogens is 387 g/mol. The lowest BCUT2D eigenvalue weighted by Crippen LogP contribution is -2.38. The largest absolute Gasteiger partial charge is 0.444 e. The minimum Gasteiger partial charge on any atom is -0.444 e. The van der Waals surface area contributed by atoms with E-state index in [0.717, 1.165) is 18.2 Å². The van der Waals surface area contributed by atoms with Crippen LogP contribution in [0, 0.1) is 5.82 Å². The molecule has 3 N–H and O–H groups in total. The lowest BCUT2D eigenvalue weighted by atomic mass is 10.2. The molecule has 0 saturated carbocycles. The van der Waals surface area contributed by atoms with Crippen LogP contribution >= 0.6 is 11.6 Å². The molecule has 0 heterocycles.